The Morgan fingerprint density at radius 1 is 1.00 bits per heavy atom. The van der Waals surface area contributed by atoms with Gasteiger partial charge in [-0.3, -0.25) is 4.79 Å². The number of dihydropyridines is 1. The van der Waals surface area contributed by atoms with Crippen molar-refractivity contribution in [2.24, 2.45) is 0 Å². The Hall–Kier alpha value is -3.39. The van der Waals surface area contributed by atoms with Gasteiger partial charge in [0.2, 0.25) is 0 Å². The molecule has 0 unspecified atom stereocenters. The smallest absolute Gasteiger partial charge is 0.336 e. The van der Waals surface area contributed by atoms with Crippen molar-refractivity contribution in [1.29, 1.82) is 0 Å². The van der Waals surface area contributed by atoms with Crippen LogP contribution in [0.3, 0.4) is 0 Å². The topological polar surface area (TPSA) is 64.6 Å². The van der Waals surface area contributed by atoms with Gasteiger partial charge in [0.1, 0.15) is 12.4 Å². The van der Waals surface area contributed by atoms with Crippen LogP contribution >= 0.6 is 22.6 Å². The molecule has 35 heavy (non-hydrogen) atoms. The molecule has 0 spiro atoms. The molecular formula is C29H24INO4. The van der Waals surface area contributed by atoms with Crippen LogP contribution in [0.4, 0.5) is 0 Å². The number of fused-ring (bicyclic) bond motifs is 2. The predicted octanol–water partition coefficient (Wildman–Crippen LogP) is 6.00. The van der Waals surface area contributed by atoms with Gasteiger partial charge in [0.15, 0.2) is 5.78 Å². The van der Waals surface area contributed by atoms with Gasteiger partial charge in [0.05, 0.1) is 21.4 Å². The number of ether oxygens (including phenoxy) is 2. The van der Waals surface area contributed by atoms with Crippen LogP contribution in [-0.4, -0.2) is 18.4 Å². The summed E-state index contributed by atoms with van der Waals surface area (Å²) in [5.74, 6) is -0.276. The minimum atomic E-state index is -0.540. The Morgan fingerprint density at radius 2 is 1.71 bits per heavy atom. The highest BCUT2D eigenvalue weighted by molar-refractivity contribution is 14.1. The lowest BCUT2D eigenvalue weighted by molar-refractivity contribution is -0.138. The number of halogens is 1. The second-order valence-electron chi connectivity index (χ2n) is 8.44. The minimum Gasteiger partial charge on any atom is -0.488 e. The van der Waals surface area contributed by atoms with E-state index in [2.05, 4.69) is 27.9 Å². The molecule has 1 aliphatic carbocycles. The van der Waals surface area contributed by atoms with Gasteiger partial charge in [-0.25, -0.2) is 4.79 Å². The minimum absolute atomic E-state index is 0.0678. The summed E-state index contributed by atoms with van der Waals surface area (Å²) >= 11 is 2.24. The van der Waals surface area contributed by atoms with Gasteiger partial charge in [0.25, 0.3) is 0 Å². The van der Waals surface area contributed by atoms with Crippen LogP contribution in [0.2, 0.25) is 0 Å². The van der Waals surface area contributed by atoms with Crippen molar-refractivity contribution < 1.29 is 19.1 Å². The molecule has 1 atom stereocenters. The third-order valence-corrected chi connectivity index (χ3v) is 7.11. The van der Waals surface area contributed by atoms with Crippen LogP contribution < -0.4 is 10.1 Å². The number of Topliss-reactive ketones (excluding diaryl/α,β-unsaturated/α-hetero) is 1. The van der Waals surface area contributed by atoms with E-state index in [9.17, 15) is 9.59 Å². The summed E-state index contributed by atoms with van der Waals surface area (Å²) in [6.07, 6.45) is 0. The molecule has 0 amide bonds. The maximum atomic E-state index is 13.6. The van der Waals surface area contributed by atoms with Crippen LogP contribution in [0, 0.1) is 3.57 Å². The summed E-state index contributed by atoms with van der Waals surface area (Å²) in [5, 5.41) is 3.33. The molecule has 0 radical (unpaired) electrons. The van der Waals surface area contributed by atoms with Crippen molar-refractivity contribution in [3.63, 3.8) is 0 Å². The molecule has 3 aromatic rings. The number of esters is 1. The van der Waals surface area contributed by atoms with Crippen molar-refractivity contribution in [2.45, 2.75) is 26.4 Å². The lowest BCUT2D eigenvalue weighted by Gasteiger charge is -2.29. The van der Waals surface area contributed by atoms with Crippen LogP contribution in [0.25, 0.3) is 5.70 Å². The normalized spacial score (nSPS) is 16.5. The van der Waals surface area contributed by atoms with E-state index < -0.39 is 11.9 Å². The molecule has 5 rings (SSSR count). The average Bonchev–Trinajstić information content (AvgIpc) is 3.14. The van der Waals surface area contributed by atoms with E-state index in [4.69, 9.17) is 9.47 Å². The van der Waals surface area contributed by atoms with Crippen molar-refractivity contribution in [3.8, 4) is 5.75 Å². The third kappa shape index (κ3) is 4.27. The SMILES string of the molecule is CCOC(=O)C1=C(C)NC2=C(C(=O)c3ccccc32)[C@H]1c1ccc(OCc2ccccc2)c(I)c1. The van der Waals surface area contributed by atoms with Gasteiger partial charge in [-0.05, 0) is 59.7 Å². The Balaban J connectivity index is 1.55. The van der Waals surface area contributed by atoms with Gasteiger partial charge < -0.3 is 14.8 Å². The lowest BCUT2D eigenvalue weighted by atomic mass is 9.80. The number of ketones is 1. The number of nitrogens with one attached hydrogen (secondary N) is 1. The first kappa shape index (κ1) is 23.4. The van der Waals surface area contributed by atoms with Crippen LogP contribution in [-0.2, 0) is 16.1 Å². The number of allylic oxidation sites excluding steroid dienone is 2. The van der Waals surface area contributed by atoms with Crippen molar-refractivity contribution in [1.82, 2.24) is 5.32 Å². The largest absolute Gasteiger partial charge is 0.488 e. The molecule has 0 saturated heterocycles. The van der Waals surface area contributed by atoms with E-state index >= 15 is 0 Å². The quantitative estimate of drug-likeness (QED) is 0.288. The van der Waals surface area contributed by atoms with Crippen molar-refractivity contribution in [3.05, 3.63) is 115 Å². The molecule has 6 heteroatoms. The molecule has 3 aromatic carbocycles. The summed E-state index contributed by atoms with van der Waals surface area (Å²) in [6.45, 7) is 4.35. The predicted molar refractivity (Wildman–Crippen MR) is 143 cm³/mol. The number of hydrogen-bond donors (Lipinski definition) is 1. The van der Waals surface area contributed by atoms with Gasteiger partial charge in [-0.1, -0.05) is 60.7 Å². The maximum absolute atomic E-state index is 13.6. The van der Waals surface area contributed by atoms with E-state index in [0.717, 1.165) is 31.7 Å². The molecule has 0 saturated carbocycles. The molecule has 176 valence electrons. The zero-order valence-corrected chi connectivity index (χ0v) is 21.6. The number of rotatable bonds is 6. The lowest BCUT2D eigenvalue weighted by Crippen LogP contribution is -2.29. The second-order valence-corrected chi connectivity index (χ2v) is 9.61. The molecule has 1 heterocycles. The zero-order chi connectivity index (χ0) is 24.5. The summed E-state index contributed by atoms with van der Waals surface area (Å²) < 4.78 is 12.4. The first-order chi connectivity index (χ1) is 17.0. The standard InChI is InChI=1S/C29H24INO4/c1-3-34-29(33)24-17(2)31-27-20-11-7-8-12-21(20)28(32)26(27)25(24)19-13-14-23(22(30)15-19)35-16-18-9-5-4-6-10-18/h4-15,25,31H,3,16H2,1-2H3/t25-/m0/s1. The van der Waals surface area contributed by atoms with E-state index in [1.54, 1.807) is 6.92 Å². The van der Waals surface area contributed by atoms with Crippen molar-refractivity contribution >= 4 is 40.0 Å². The summed E-state index contributed by atoms with van der Waals surface area (Å²) in [4.78, 5) is 26.7. The number of carbonyl (C=O) groups is 2. The first-order valence-electron chi connectivity index (χ1n) is 11.5. The Labute approximate surface area is 218 Å². The molecule has 5 nitrogen and oxygen atoms in total. The van der Waals surface area contributed by atoms with Crippen LogP contribution in [0.1, 0.15) is 46.8 Å². The Morgan fingerprint density at radius 3 is 2.43 bits per heavy atom. The molecule has 0 bridgehead atoms. The monoisotopic (exact) mass is 577 g/mol. The van der Waals surface area contributed by atoms with E-state index in [1.165, 1.54) is 0 Å². The van der Waals surface area contributed by atoms with E-state index in [1.807, 2.05) is 79.7 Å². The second kappa shape index (κ2) is 9.70. The average molecular weight is 577 g/mol. The summed E-state index contributed by atoms with van der Waals surface area (Å²) in [5.41, 5.74) is 5.92. The number of benzene rings is 3. The number of hydrogen-bond acceptors (Lipinski definition) is 5. The molecule has 0 fully saturated rings. The van der Waals surface area contributed by atoms with Gasteiger partial charge in [-0.2, -0.15) is 0 Å². The van der Waals surface area contributed by atoms with Gasteiger partial charge >= 0.3 is 5.97 Å². The fraction of sp³-hybridized carbons (Fsp3) is 0.172. The maximum Gasteiger partial charge on any atom is 0.336 e. The fourth-order valence-electron chi connectivity index (χ4n) is 4.69. The third-order valence-electron chi connectivity index (χ3n) is 6.27. The highest BCUT2D eigenvalue weighted by Crippen LogP contribution is 2.47. The summed E-state index contributed by atoms with van der Waals surface area (Å²) in [6, 6.07) is 23.4. The number of carbonyl (C=O) groups excluding carboxylic acids is 2. The van der Waals surface area contributed by atoms with Crippen LogP contribution in [0.15, 0.2) is 89.6 Å². The van der Waals surface area contributed by atoms with Crippen molar-refractivity contribution in [2.75, 3.05) is 6.61 Å². The molecular weight excluding hydrogens is 553 g/mol. The van der Waals surface area contributed by atoms with Crippen LogP contribution in [0.5, 0.6) is 5.75 Å². The van der Waals surface area contributed by atoms with Gasteiger partial charge in [0, 0.05) is 28.3 Å². The Kier molecular flexibility index (Phi) is 6.47. The zero-order valence-electron chi connectivity index (χ0n) is 19.4. The highest BCUT2D eigenvalue weighted by atomic mass is 127. The molecule has 2 aliphatic rings. The summed E-state index contributed by atoms with van der Waals surface area (Å²) in [7, 11) is 0. The Bertz CT molecular complexity index is 1390. The van der Waals surface area contributed by atoms with Gasteiger partial charge in [-0.15, -0.1) is 0 Å². The molecule has 1 aliphatic heterocycles. The molecule has 1 N–H and O–H groups in total. The van der Waals surface area contributed by atoms with E-state index in [0.29, 0.717) is 29.0 Å². The highest BCUT2D eigenvalue weighted by Gasteiger charge is 2.43. The fourth-order valence-corrected chi connectivity index (χ4v) is 5.39. The molecule has 0 aromatic heterocycles. The first-order valence-corrected chi connectivity index (χ1v) is 12.6. The van der Waals surface area contributed by atoms with E-state index in [-0.39, 0.29) is 12.4 Å².